The molecule has 4 saturated carbocycles. The van der Waals surface area contributed by atoms with Gasteiger partial charge in [0.05, 0.1) is 68.1 Å². The molecule has 0 aromatic heterocycles. The van der Waals surface area contributed by atoms with Crippen LogP contribution in [0.2, 0.25) is 0 Å². The molecule has 0 aromatic rings. The average Bonchev–Trinajstić information content (AvgIpc) is 3.65. The summed E-state index contributed by atoms with van der Waals surface area (Å²) in [6.45, 7) is 3.04. The molecule has 4 aliphatic carbocycles. The van der Waals surface area contributed by atoms with Gasteiger partial charge in [-0.1, -0.05) is 25.7 Å². The highest BCUT2D eigenvalue weighted by atomic mass is 16.5. The van der Waals surface area contributed by atoms with Gasteiger partial charge in [-0.2, -0.15) is 0 Å². The third-order valence-corrected chi connectivity index (χ3v) is 14.9. The summed E-state index contributed by atoms with van der Waals surface area (Å²) in [6.07, 6.45) is 20.1. The number of rotatable bonds is 14. The highest BCUT2D eigenvalue weighted by Gasteiger charge is 2.56. The Hall–Kier alpha value is -0.400. The van der Waals surface area contributed by atoms with Crippen LogP contribution in [-0.2, 0) is 28.4 Å². The molecule has 0 amide bonds. The van der Waals surface area contributed by atoms with Crippen LogP contribution in [0.15, 0.2) is 0 Å². The summed E-state index contributed by atoms with van der Waals surface area (Å²) in [4.78, 5) is 0. The third kappa shape index (κ3) is 9.75. The second-order valence-corrected chi connectivity index (χ2v) is 18.4. The number of quaternary nitrogens is 1. The van der Waals surface area contributed by atoms with Crippen LogP contribution in [0.5, 0.6) is 0 Å². The van der Waals surface area contributed by atoms with Crippen molar-refractivity contribution in [1.82, 2.24) is 0 Å². The first-order chi connectivity index (χ1) is 25.4. The number of ether oxygens (including phenoxy) is 6. The van der Waals surface area contributed by atoms with E-state index >= 15 is 0 Å². The lowest BCUT2D eigenvalue weighted by atomic mass is 9.62. The molecule has 3 saturated heterocycles. The van der Waals surface area contributed by atoms with Crippen molar-refractivity contribution in [2.24, 2.45) is 47.2 Å². The molecule has 300 valence electrons. The van der Waals surface area contributed by atoms with E-state index in [2.05, 4.69) is 5.32 Å². The van der Waals surface area contributed by atoms with E-state index in [-0.39, 0.29) is 72.6 Å². The number of aliphatic hydroxyl groups excluding tert-OH is 2. The zero-order chi connectivity index (χ0) is 36.0. The SMILES string of the molecule is COCCCC1OC2CCC(OC)CC2C(OCCC2CC[NH2+]C(N)C2)C1C1COC2C(CC3CCCC(O)C3)CC(OC3CCCC3)CC2C1O. The first-order valence-electron chi connectivity index (χ1n) is 21.9. The van der Waals surface area contributed by atoms with Crippen molar-refractivity contribution in [2.75, 3.05) is 40.6 Å². The highest BCUT2D eigenvalue weighted by Crippen LogP contribution is 2.51. The fourth-order valence-electron chi connectivity index (χ4n) is 12.4. The van der Waals surface area contributed by atoms with Crippen LogP contribution in [-0.4, -0.2) is 112 Å². The summed E-state index contributed by atoms with van der Waals surface area (Å²) < 4.78 is 39.8. The Bertz CT molecular complexity index is 1070. The molecule has 6 N–H and O–H groups in total. The van der Waals surface area contributed by atoms with Crippen molar-refractivity contribution >= 4 is 0 Å². The van der Waals surface area contributed by atoms with Gasteiger partial charge < -0.3 is 44.0 Å². The number of nitrogens with two attached hydrogens (primary N) is 2. The second-order valence-electron chi connectivity index (χ2n) is 18.4. The van der Waals surface area contributed by atoms with Crippen molar-refractivity contribution < 1.29 is 44.0 Å². The predicted molar refractivity (Wildman–Crippen MR) is 198 cm³/mol. The highest BCUT2D eigenvalue weighted by molar-refractivity contribution is 5.04. The van der Waals surface area contributed by atoms with Gasteiger partial charge in [0.25, 0.3) is 0 Å². The lowest BCUT2D eigenvalue weighted by Gasteiger charge is -2.56. The maximum absolute atomic E-state index is 12.8. The van der Waals surface area contributed by atoms with Crippen molar-refractivity contribution in [1.29, 1.82) is 0 Å². The molecule has 0 radical (unpaired) electrons. The maximum Gasteiger partial charge on any atom is 0.137 e. The zero-order valence-electron chi connectivity index (χ0n) is 32.6. The molecule has 3 heterocycles. The number of fused-ring (bicyclic) bond motifs is 2. The molecule has 3 aliphatic heterocycles. The summed E-state index contributed by atoms with van der Waals surface area (Å²) in [5.41, 5.74) is 6.35. The van der Waals surface area contributed by atoms with Crippen LogP contribution in [0.25, 0.3) is 0 Å². The minimum absolute atomic E-state index is 0.0216. The molecule has 7 rings (SSSR count). The lowest BCUT2D eigenvalue weighted by Crippen LogP contribution is -2.94. The maximum atomic E-state index is 12.8. The molecule has 0 aromatic carbocycles. The fraction of sp³-hybridized carbons (Fsp3) is 1.00. The Balaban J connectivity index is 1.13. The smallest absolute Gasteiger partial charge is 0.137 e. The molecule has 16 unspecified atom stereocenters. The van der Waals surface area contributed by atoms with Gasteiger partial charge in [-0.25, -0.2) is 0 Å². The molecule has 0 bridgehead atoms. The quantitative estimate of drug-likeness (QED) is 0.192. The molecule has 7 aliphatic rings. The summed E-state index contributed by atoms with van der Waals surface area (Å²) in [5, 5.41) is 25.6. The van der Waals surface area contributed by atoms with E-state index < -0.39 is 6.10 Å². The molecular formula is C42H75N2O8+. The van der Waals surface area contributed by atoms with Crippen LogP contribution in [0.3, 0.4) is 0 Å². The van der Waals surface area contributed by atoms with E-state index in [1.165, 1.54) is 25.7 Å². The molecule has 7 fully saturated rings. The van der Waals surface area contributed by atoms with E-state index in [0.29, 0.717) is 43.7 Å². The van der Waals surface area contributed by atoms with E-state index in [0.717, 1.165) is 103 Å². The molecule has 0 spiro atoms. The van der Waals surface area contributed by atoms with E-state index in [9.17, 15) is 10.2 Å². The van der Waals surface area contributed by atoms with Gasteiger partial charge in [0.15, 0.2) is 0 Å². The molecule has 16 atom stereocenters. The number of aliphatic hydroxyl groups is 2. The minimum Gasteiger partial charge on any atom is -0.393 e. The Morgan fingerprint density at radius 1 is 0.769 bits per heavy atom. The summed E-state index contributed by atoms with van der Waals surface area (Å²) >= 11 is 0. The van der Waals surface area contributed by atoms with Crippen LogP contribution in [0.4, 0.5) is 0 Å². The zero-order valence-corrected chi connectivity index (χ0v) is 32.6. The van der Waals surface area contributed by atoms with Crippen LogP contribution < -0.4 is 11.1 Å². The van der Waals surface area contributed by atoms with Crippen molar-refractivity contribution in [3.8, 4) is 0 Å². The lowest BCUT2D eigenvalue weighted by molar-refractivity contribution is -0.699. The first kappa shape index (κ1) is 39.8. The summed E-state index contributed by atoms with van der Waals surface area (Å²) in [6, 6.07) is 0. The minimum atomic E-state index is -0.511. The standard InChI is InChI=1S/C42H74N2O8/c1-47-17-6-11-37-39(42(33-23-31(48-2)12-13-36(33)52-37)49-18-15-26-14-16-44-38(43)21-26)35-25-50-41-28(19-27-7-5-8-29(45)20-27)22-32(24-34(41)40(35)46)51-30-9-3-4-10-30/h26-42,44-46H,3-25,43H2,1-2H3/p+1. The van der Waals surface area contributed by atoms with Gasteiger partial charge in [0.2, 0.25) is 0 Å². The number of piperidine rings is 1. The van der Waals surface area contributed by atoms with Crippen molar-refractivity contribution in [3.05, 3.63) is 0 Å². The van der Waals surface area contributed by atoms with Gasteiger partial charge in [-0.15, -0.1) is 0 Å². The van der Waals surface area contributed by atoms with Gasteiger partial charge in [-0.3, -0.25) is 5.73 Å². The molecule has 10 heteroatoms. The first-order valence-corrected chi connectivity index (χ1v) is 21.9. The van der Waals surface area contributed by atoms with E-state index in [4.69, 9.17) is 34.2 Å². The Labute approximate surface area is 314 Å². The van der Waals surface area contributed by atoms with E-state index in [1.54, 1.807) is 7.11 Å². The predicted octanol–water partition coefficient (Wildman–Crippen LogP) is 4.32. The van der Waals surface area contributed by atoms with Gasteiger partial charge >= 0.3 is 0 Å². The van der Waals surface area contributed by atoms with Gasteiger partial charge in [-0.05, 0) is 108 Å². The normalized spacial score (nSPS) is 46.1. The van der Waals surface area contributed by atoms with Gasteiger partial charge in [0, 0.05) is 57.5 Å². The van der Waals surface area contributed by atoms with Crippen LogP contribution >= 0.6 is 0 Å². The molecule has 10 nitrogen and oxygen atoms in total. The molecular weight excluding hydrogens is 660 g/mol. The third-order valence-electron chi connectivity index (χ3n) is 14.9. The van der Waals surface area contributed by atoms with Gasteiger partial charge in [0.1, 0.15) is 6.17 Å². The topological polar surface area (TPSA) is 138 Å². The van der Waals surface area contributed by atoms with Crippen molar-refractivity contribution in [3.63, 3.8) is 0 Å². The summed E-state index contributed by atoms with van der Waals surface area (Å²) in [7, 11) is 3.62. The number of hydrogen-bond donors (Lipinski definition) is 4. The Morgan fingerprint density at radius 2 is 1.62 bits per heavy atom. The Kier molecular flexibility index (Phi) is 14.7. The Morgan fingerprint density at radius 3 is 2.40 bits per heavy atom. The average molecular weight is 736 g/mol. The van der Waals surface area contributed by atoms with E-state index in [1.807, 2.05) is 7.11 Å². The molecule has 52 heavy (non-hydrogen) atoms. The second kappa shape index (κ2) is 19.2. The number of hydrogen-bond acceptors (Lipinski definition) is 9. The fourth-order valence-corrected chi connectivity index (χ4v) is 12.4. The van der Waals surface area contributed by atoms with Crippen molar-refractivity contribution in [2.45, 2.75) is 183 Å². The summed E-state index contributed by atoms with van der Waals surface area (Å²) in [5.74, 6) is 1.64. The van der Waals surface area contributed by atoms with Crippen LogP contribution in [0.1, 0.15) is 122 Å². The monoisotopic (exact) mass is 736 g/mol. The van der Waals surface area contributed by atoms with Crippen LogP contribution in [0, 0.1) is 41.4 Å². The largest absolute Gasteiger partial charge is 0.393 e. The number of methoxy groups -OCH3 is 2.